The molecule has 1 heterocycles. The highest BCUT2D eigenvalue weighted by atomic mass is 79.9. The number of nitrogens with one attached hydrogen (secondary N) is 1. The molecular formula is C11H14BrNO3S. The Morgan fingerprint density at radius 2 is 2.24 bits per heavy atom. The fourth-order valence-electron chi connectivity index (χ4n) is 1.12. The lowest BCUT2D eigenvalue weighted by atomic mass is 10.2. The number of carbonyl (C=O) groups excluding carboxylic acids is 2. The number of hydrogen-bond acceptors (Lipinski definition) is 4. The second kappa shape index (κ2) is 5.64. The molecule has 1 N–H and O–H groups in total. The van der Waals surface area contributed by atoms with E-state index in [2.05, 4.69) is 21.2 Å². The molecule has 0 radical (unpaired) electrons. The van der Waals surface area contributed by atoms with E-state index in [4.69, 9.17) is 4.74 Å². The van der Waals surface area contributed by atoms with Crippen LogP contribution in [-0.4, -0.2) is 18.0 Å². The molecule has 6 heteroatoms. The van der Waals surface area contributed by atoms with Gasteiger partial charge in [0.05, 0.1) is 3.79 Å². The predicted molar refractivity (Wildman–Crippen MR) is 70.2 cm³/mol. The summed E-state index contributed by atoms with van der Waals surface area (Å²) in [7, 11) is 0. The normalized spacial score (nSPS) is 12.9. The number of ether oxygens (including phenoxy) is 1. The van der Waals surface area contributed by atoms with E-state index in [0.717, 1.165) is 9.35 Å². The zero-order valence-corrected chi connectivity index (χ0v) is 12.2. The number of thiophene rings is 1. The molecule has 0 aromatic carbocycles. The van der Waals surface area contributed by atoms with E-state index in [0.29, 0.717) is 6.29 Å². The third-order valence-corrected chi connectivity index (χ3v) is 3.28. The van der Waals surface area contributed by atoms with Crippen molar-refractivity contribution < 1.29 is 14.3 Å². The molecule has 0 aliphatic carbocycles. The molecule has 1 amide bonds. The van der Waals surface area contributed by atoms with Gasteiger partial charge in [-0.3, -0.25) is 0 Å². The first-order valence-electron chi connectivity index (χ1n) is 5.00. The van der Waals surface area contributed by atoms with Crippen LogP contribution in [-0.2, 0) is 9.53 Å². The molecule has 17 heavy (non-hydrogen) atoms. The van der Waals surface area contributed by atoms with E-state index in [1.807, 2.05) is 0 Å². The number of halogens is 1. The summed E-state index contributed by atoms with van der Waals surface area (Å²) in [4.78, 5) is 22.4. The SMILES string of the molecule is CC(C)(C)OC(=O)NC(C=O)c1csc(Br)c1. The van der Waals surface area contributed by atoms with Crippen LogP contribution >= 0.6 is 27.3 Å². The zero-order valence-electron chi connectivity index (χ0n) is 9.82. The summed E-state index contributed by atoms with van der Waals surface area (Å²) in [5.74, 6) is 0. The van der Waals surface area contributed by atoms with Crippen LogP contribution in [0.5, 0.6) is 0 Å². The first-order valence-corrected chi connectivity index (χ1v) is 6.68. The Labute approximate surface area is 112 Å². The Morgan fingerprint density at radius 1 is 1.59 bits per heavy atom. The second-order valence-corrected chi connectivity index (χ2v) is 6.73. The molecule has 0 aliphatic rings. The van der Waals surface area contributed by atoms with Gasteiger partial charge >= 0.3 is 6.09 Å². The molecule has 0 saturated heterocycles. The smallest absolute Gasteiger partial charge is 0.408 e. The number of alkyl carbamates (subject to hydrolysis) is 1. The molecule has 1 aromatic heterocycles. The summed E-state index contributed by atoms with van der Waals surface area (Å²) in [6.45, 7) is 5.30. The standard InChI is InChI=1S/C11H14BrNO3S/c1-11(2,3)16-10(15)13-8(5-14)7-4-9(12)17-6-7/h4-6,8H,1-3H3,(H,13,15). The minimum Gasteiger partial charge on any atom is -0.444 e. The summed E-state index contributed by atoms with van der Waals surface area (Å²) in [6, 6.07) is 1.12. The van der Waals surface area contributed by atoms with E-state index in [1.54, 1.807) is 32.2 Å². The van der Waals surface area contributed by atoms with Gasteiger partial charge < -0.3 is 14.8 Å². The van der Waals surface area contributed by atoms with Crippen molar-refractivity contribution in [2.45, 2.75) is 32.4 Å². The Morgan fingerprint density at radius 3 is 2.65 bits per heavy atom. The highest BCUT2D eigenvalue weighted by Gasteiger charge is 2.20. The van der Waals surface area contributed by atoms with Crippen molar-refractivity contribution in [3.05, 3.63) is 20.8 Å². The topological polar surface area (TPSA) is 55.4 Å². The molecule has 1 atom stereocenters. The average molecular weight is 320 g/mol. The van der Waals surface area contributed by atoms with Crippen molar-refractivity contribution in [1.29, 1.82) is 0 Å². The van der Waals surface area contributed by atoms with Gasteiger partial charge in [-0.25, -0.2) is 4.79 Å². The van der Waals surface area contributed by atoms with Gasteiger partial charge in [-0.2, -0.15) is 0 Å². The van der Waals surface area contributed by atoms with Crippen LogP contribution in [0.15, 0.2) is 15.2 Å². The van der Waals surface area contributed by atoms with Gasteiger partial charge in [0, 0.05) is 0 Å². The van der Waals surface area contributed by atoms with Gasteiger partial charge in [0.2, 0.25) is 0 Å². The molecule has 0 bridgehead atoms. The number of hydrogen-bond donors (Lipinski definition) is 1. The van der Waals surface area contributed by atoms with E-state index < -0.39 is 17.7 Å². The van der Waals surface area contributed by atoms with Gasteiger partial charge in [-0.1, -0.05) is 0 Å². The Bertz CT molecular complexity index is 411. The van der Waals surface area contributed by atoms with Crippen LogP contribution in [0, 0.1) is 0 Å². The average Bonchev–Trinajstić information content (AvgIpc) is 2.58. The quantitative estimate of drug-likeness (QED) is 0.870. The lowest BCUT2D eigenvalue weighted by molar-refractivity contribution is -0.109. The maximum atomic E-state index is 11.5. The van der Waals surface area contributed by atoms with Crippen LogP contribution < -0.4 is 5.32 Å². The van der Waals surface area contributed by atoms with Crippen molar-refractivity contribution in [2.24, 2.45) is 0 Å². The summed E-state index contributed by atoms with van der Waals surface area (Å²) < 4.78 is 5.99. The fourth-order valence-corrected chi connectivity index (χ4v) is 2.33. The fraction of sp³-hybridized carbons (Fsp3) is 0.455. The first-order chi connectivity index (χ1) is 7.81. The first kappa shape index (κ1) is 14.2. The molecule has 0 spiro atoms. The summed E-state index contributed by atoms with van der Waals surface area (Å²) in [6.07, 6.45) is 0.0789. The molecule has 1 unspecified atom stereocenters. The Kier molecular flexibility index (Phi) is 4.70. The Balaban J connectivity index is 2.65. The Hall–Kier alpha value is -0.880. The van der Waals surface area contributed by atoms with Crippen LogP contribution in [0.3, 0.4) is 0 Å². The maximum absolute atomic E-state index is 11.5. The van der Waals surface area contributed by atoms with Crippen LogP contribution in [0.4, 0.5) is 4.79 Å². The van der Waals surface area contributed by atoms with Crippen molar-refractivity contribution in [3.8, 4) is 0 Å². The van der Waals surface area contributed by atoms with E-state index >= 15 is 0 Å². The minimum absolute atomic E-state index is 0.577. The molecule has 94 valence electrons. The third kappa shape index (κ3) is 4.87. The van der Waals surface area contributed by atoms with Crippen molar-refractivity contribution in [3.63, 3.8) is 0 Å². The zero-order chi connectivity index (χ0) is 13.1. The molecule has 1 rings (SSSR count). The number of amides is 1. The van der Waals surface area contributed by atoms with Crippen LogP contribution in [0.2, 0.25) is 0 Å². The molecule has 0 saturated carbocycles. The molecule has 0 aliphatic heterocycles. The van der Waals surface area contributed by atoms with Gasteiger partial charge in [0.25, 0.3) is 0 Å². The van der Waals surface area contributed by atoms with Gasteiger partial charge in [-0.15, -0.1) is 11.3 Å². The highest BCUT2D eigenvalue weighted by molar-refractivity contribution is 9.11. The van der Waals surface area contributed by atoms with Crippen LogP contribution in [0.25, 0.3) is 0 Å². The van der Waals surface area contributed by atoms with Gasteiger partial charge in [-0.05, 0) is 53.7 Å². The second-order valence-electron chi connectivity index (χ2n) is 4.44. The van der Waals surface area contributed by atoms with Crippen LogP contribution in [0.1, 0.15) is 32.4 Å². The monoisotopic (exact) mass is 319 g/mol. The molecule has 1 aromatic rings. The minimum atomic E-state index is -0.674. The van der Waals surface area contributed by atoms with Crippen molar-refractivity contribution >= 4 is 39.6 Å². The van der Waals surface area contributed by atoms with E-state index in [1.165, 1.54) is 11.3 Å². The lowest BCUT2D eigenvalue weighted by Crippen LogP contribution is -2.35. The third-order valence-electron chi connectivity index (χ3n) is 1.76. The largest absolute Gasteiger partial charge is 0.444 e. The number of rotatable bonds is 3. The lowest BCUT2D eigenvalue weighted by Gasteiger charge is -2.21. The van der Waals surface area contributed by atoms with E-state index in [9.17, 15) is 9.59 Å². The van der Waals surface area contributed by atoms with Gasteiger partial charge in [0.15, 0.2) is 0 Å². The summed E-state index contributed by atoms with van der Waals surface area (Å²) in [5.41, 5.74) is 0.162. The van der Waals surface area contributed by atoms with Crippen molar-refractivity contribution in [1.82, 2.24) is 5.32 Å². The summed E-state index contributed by atoms with van der Waals surface area (Å²) in [5, 5.41) is 4.32. The number of carbonyl (C=O) groups is 2. The van der Waals surface area contributed by atoms with Gasteiger partial charge in [0.1, 0.15) is 17.9 Å². The molecule has 0 fully saturated rings. The van der Waals surface area contributed by atoms with Crippen molar-refractivity contribution in [2.75, 3.05) is 0 Å². The molecular weight excluding hydrogens is 306 g/mol. The summed E-state index contributed by atoms with van der Waals surface area (Å²) >= 11 is 4.76. The maximum Gasteiger partial charge on any atom is 0.408 e. The highest BCUT2D eigenvalue weighted by Crippen LogP contribution is 2.24. The van der Waals surface area contributed by atoms with E-state index in [-0.39, 0.29) is 0 Å². The number of aldehydes is 1. The predicted octanol–water partition coefficient (Wildman–Crippen LogP) is 3.28. The molecule has 4 nitrogen and oxygen atoms in total.